The molecule has 2 N–H and O–H groups in total. The SMILES string of the molecule is CNc1ccc(S(=O)(=O)Nc2cc(F)ccc2C)cn1. The number of hydrogen-bond acceptors (Lipinski definition) is 4. The Morgan fingerprint density at radius 2 is 1.95 bits per heavy atom. The number of aromatic nitrogens is 1. The first-order valence-electron chi connectivity index (χ1n) is 5.85. The summed E-state index contributed by atoms with van der Waals surface area (Å²) >= 11 is 0. The van der Waals surface area contributed by atoms with Gasteiger partial charge in [0.25, 0.3) is 10.0 Å². The van der Waals surface area contributed by atoms with Gasteiger partial charge in [0.05, 0.1) is 5.69 Å². The summed E-state index contributed by atoms with van der Waals surface area (Å²) in [6, 6.07) is 6.90. The van der Waals surface area contributed by atoms with Crippen molar-refractivity contribution in [2.24, 2.45) is 0 Å². The van der Waals surface area contributed by atoms with Crippen molar-refractivity contribution in [2.75, 3.05) is 17.1 Å². The molecular weight excluding hydrogens is 281 g/mol. The first-order chi connectivity index (χ1) is 9.42. The van der Waals surface area contributed by atoms with E-state index in [1.807, 2.05) is 0 Å². The number of pyridine rings is 1. The molecule has 0 saturated heterocycles. The van der Waals surface area contributed by atoms with E-state index in [1.54, 1.807) is 20.0 Å². The highest BCUT2D eigenvalue weighted by molar-refractivity contribution is 7.92. The van der Waals surface area contributed by atoms with E-state index in [1.165, 1.54) is 24.4 Å². The Hall–Kier alpha value is -2.15. The lowest BCUT2D eigenvalue weighted by Crippen LogP contribution is -2.14. The van der Waals surface area contributed by atoms with Crippen molar-refractivity contribution >= 4 is 21.5 Å². The number of sulfonamides is 1. The number of benzene rings is 1. The second kappa shape index (κ2) is 5.46. The van der Waals surface area contributed by atoms with Crippen LogP contribution in [0.3, 0.4) is 0 Å². The highest BCUT2D eigenvalue weighted by atomic mass is 32.2. The Bertz CT molecular complexity index is 715. The third-order valence-corrected chi connectivity index (χ3v) is 4.10. The number of halogens is 1. The van der Waals surface area contributed by atoms with Gasteiger partial charge in [-0.3, -0.25) is 4.72 Å². The molecule has 0 bridgehead atoms. The van der Waals surface area contributed by atoms with Crippen molar-refractivity contribution in [3.8, 4) is 0 Å². The maximum absolute atomic E-state index is 13.2. The maximum atomic E-state index is 13.2. The topological polar surface area (TPSA) is 71.1 Å². The van der Waals surface area contributed by atoms with Gasteiger partial charge in [0, 0.05) is 13.2 Å². The molecule has 0 fully saturated rings. The van der Waals surface area contributed by atoms with E-state index in [4.69, 9.17) is 0 Å². The van der Waals surface area contributed by atoms with Crippen molar-refractivity contribution in [3.05, 3.63) is 47.9 Å². The van der Waals surface area contributed by atoms with Crippen LogP contribution in [-0.2, 0) is 10.0 Å². The first kappa shape index (κ1) is 14.3. The number of nitrogens with zero attached hydrogens (tertiary/aromatic N) is 1. The number of rotatable bonds is 4. The van der Waals surface area contributed by atoms with Gasteiger partial charge in [-0.15, -0.1) is 0 Å². The van der Waals surface area contributed by atoms with E-state index in [2.05, 4.69) is 15.0 Å². The second-order valence-electron chi connectivity index (χ2n) is 4.19. The second-order valence-corrected chi connectivity index (χ2v) is 5.88. The van der Waals surface area contributed by atoms with E-state index in [0.717, 1.165) is 6.07 Å². The van der Waals surface area contributed by atoms with Crippen molar-refractivity contribution in [1.29, 1.82) is 0 Å². The van der Waals surface area contributed by atoms with Gasteiger partial charge in [-0.2, -0.15) is 0 Å². The molecule has 1 heterocycles. The molecule has 2 rings (SSSR count). The summed E-state index contributed by atoms with van der Waals surface area (Å²) in [5, 5.41) is 2.80. The Morgan fingerprint density at radius 3 is 2.55 bits per heavy atom. The molecule has 1 aromatic heterocycles. The third-order valence-electron chi connectivity index (χ3n) is 2.75. The molecule has 106 valence electrons. The molecular formula is C13H14FN3O2S. The predicted molar refractivity (Wildman–Crippen MR) is 75.7 cm³/mol. The van der Waals surface area contributed by atoms with Gasteiger partial charge in [-0.05, 0) is 36.8 Å². The van der Waals surface area contributed by atoms with Crippen LogP contribution in [-0.4, -0.2) is 20.4 Å². The lowest BCUT2D eigenvalue weighted by molar-refractivity contribution is 0.600. The van der Waals surface area contributed by atoms with Gasteiger partial charge in [-0.25, -0.2) is 17.8 Å². The minimum absolute atomic E-state index is 0.0140. The van der Waals surface area contributed by atoms with Crippen molar-refractivity contribution < 1.29 is 12.8 Å². The van der Waals surface area contributed by atoms with E-state index in [9.17, 15) is 12.8 Å². The molecule has 7 heteroatoms. The van der Waals surface area contributed by atoms with Crippen LogP contribution in [0, 0.1) is 12.7 Å². The molecule has 2 aromatic rings. The molecule has 0 aliphatic carbocycles. The highest BCUT2D eigenvalue weighted by Gasteiger charge is 2.16. The Kier molecular flexibility index (Phi) is 3.89. The summed E-state index contributed by atoms with van der Waals surface area (Å²) in [5.41, 5.74) is 0.845. The van der Waals surface area contributed by atoms with Gasteiger partial charge in [0.1, 0.15) is 16.5 Å². The molecule has 0 aliphatic rings. The van der Waals surface area contributed by atoms with Crippen LogP contribution < -0.4 is 10.0 Å². The molecule has 0 aliphatic heterocycles. The maximum Gasteiger partial charge on any atom is 0.263 e. The predicted octanol–water partition coefficient (Wildman–Crippen LogP) is 2.37. The lowest BCUT2D eigenvalue weighted by Gasteiger charge is -2.10. The lowest BCUT2D eigenvalue weighted by atomic mass is 10.2. The molecule has 0 atom stereocenters. The summed E-state index contributed by atoms with van der Waals surface area (Å²) < 4.78 is 39.9. The van der Waals surface area contributed by atoms with Crippen LogP contribution in [0.15, 0.2) is 41.4 Å². The molecule has 20 heavy (non-hydrogen) atoms. The Balaban J connectivity index is 2.32. The average molecular weight is 295 g/mol. The fourth-order valence-electron chi connectivity index (χ4n) is 1.60. The summed E-state index contributed by atoms with van der Waals surface area (Å²) in [5.74, 6) is 0.0582. The standard InChI is InChI=1S/C13H14FN3O2S/c1-9-3-4-10(14)7-12(9)17-20(18,19)11-5-6-13(15-2)16-8-11/h3-8,17H,1-2H3,(H,15,16). The van der Waals surface area contributed by atoms with Gasteiger partial charge in [0.2, 0.25) is 0 Å². The summed E-state index contributed by atoms with van der Waals surface area (Å²) in [4.78, 5) is 3.95. The number of anilines is 2. The minimum atomic E-state index is -3.78. The molecule has 1 aromatic carbocycles. The largest absolute Gasteiger partial charge is 0.373 e. The zero-order valence-corrected chi connectivity index (χ0v) is 11.8. The molecule has 0 spiro atoms. The van der Waals surface area contributed by atoms with Gasteiger partial charge in [-0.1, -0.05) is 6.07 Å². The number of aryl methyl sites for hydroxylation is 1. The Labute approximate surface area is 116 Å². The van der Waals surface area contributed by atoms with Crippen LogP contribution in [0.2, 0.25) is 0 Å². The van der Waals surface area contributed by atoms with Crippen LogP contribution in [0.4, 0.5) is 15.9 Å². The number of hydrogen-bond donors (Lipinski definition) is 2. The minimum Gasteiger partial charge on any atom is -0.373 e. The van der Waals surface area contributed by atoms with E-state index in [-0.39, 0.29) is 10.6 Å². The first-order valence-corrected chi connectivity index (χ1v) is 7.33. The summed E-state index contributed by atoms with van der Waals surface area (Å²) in [6.45, 7) is 1.69. The molecule has 0 radical (unpaired) electrons. The molecule has 0 saturated carbocycles. The van der Waals surface area contributed by atoms with Crippen molar-refractivity contribution in [1.82, 2.24) is 4.98 Å². The van der Waals surface area contributed by atoms with E-state index in [0.29, 0.717) is 11.4 Å². The normalized spacial score (nSPS) is 11.2. The molecule has 5 nitrogen and oxygen atoms in total. The van der Waals surface area contributed by atoms with Gasteiger partial charge in [0.15, 0.2) is 0 Å². The fourth-order valence-corrected chi connectivity index (χ4v) is 2.66. The number of nitrogens with one attached hydrogen (secondary N) is 2. The molecule has 0 unspecified atom stereocenters. The molecule has 0 amide bonds. The summed E-state index contributed by atoms with van der Waals surface area (Å²) in [6.07, 6.45) is 1.24. The quantitative estimate of drug-likeness (QED) is 0.908. The highest BCUT2D eigenvalue weighted by Crippen LogP contribution is 2.20. The van der Waals surface area contributed by atoms with Crippen LogP contribution in [0.5, 0.6) is 0 Å². The van der Waals surface area contributed by atoms with Crippen molar-refractivity contribution in [2.45, 2.75) is 11.8 Å². The zero-order valence-electron chi connectivity index (χ0n) is 11.0. The van der Waals surface area contributed by atoms with Crippen molar-refractivity contribution in [3.63, 3.8) is 0 Å². The summed E-state index contributed by atoms with van der Waals surface area (Å²) in [7, 11) is -2.10. The fraction of sp³-hybridized carbons (Fsp3) is 0.154. The smallest absolute Gasteiger partial charge is 0.263 e. The van der Waals surface area contributed by atoms with Crippen LogP contribution >= 0.6 is 0 Å². The van der Waals surface area contributed by atoms with E-state index < -0.39 is 15.8 Å². The van der Waals surface area contributed by atoms with Crippen LogP contribution in [0.1, 0.15) is 5.56 Å². The van der Waals surface area contributed by atoms with Gasteiger partial charge < -0.3 is 5.32 Å². The van der Waals surface area contributed by atoms with Crippen LogP contribution in [0.25, 0.3) is 0 Å². The Morgan fingerprint density at radius 1 is 1.20 bits per heavy atom. The zero-order chi connectivity index (χ0) is 14.8. The average Bonchev–Trinajstić information content (AvgIpc) is 2.43. The third kappa shape index (κ3) is 3.05. The van der Waals surface area contributed by atoms with Gasteiger partial charge >= 0.3 is 0 Å². The monoisotopic (exact) mass is 295 g/mol. The van der Waals surface area contributed by atoms with E-state index >= 15 is 0 Å².